The summed E-state index contributed by atoms with van der Waals surface area (Å²) in [4.78, 5) is 51.6. The van der Waals surface area contributed by atoms with Gasteiger partial charge in [0.15, 0.2) is 11.5 Å². The Morgan fingerprint density at radius 1 is 0.982 bits per heavy atom. The van der Waals surface area contributed by atoms with Crippen LogP contribution in [0.3, 0.4) is 0 Å². The summed E-state index contributed by atoms with van der Waals surface area (Å²) < 4.78 is 5.79. The molecule has 3 aliphatic rings. The number of thiophene rings is 1. The fourth-order valence-electron chi connectivity index (χ4n) is 8.70. The van der Waals surface area contributed by atoms with Gasteiger partial charge in [-0.2, -0.15) is 0 Å². The monoisotopic (exact) mass is 789 g/mol. The van der Waals surface area contributed by atoms with Crippen molar-refractivity contribution in [2.24, 2.45) is 5.41 Å². The first-order valence-electron chi connectivity index (χ1n) is 20.3. The molecule has 1 aliphatic carbocycles. The molecule has 9 nitrogen and oxygen atoms in total. The second-order valence-electron chi connectivity index (χ2n) is 16.5. The molecule has 1 aromatic heterocycles. The van der Waals surface area contributed by atoms with Crippen LogP contribution < -0.4 is 10.1 Å². The molecular weight excluding hydrogens is 730 g/mol. The number of aryl methyl sites for hydroxylation is 2. The number of benzene rings is 2. The van der Waals surface area contributed by atoms with E-state index in [2.05, 4.69) is 59.5 Å². The van der Waals surface area contributed by atoms with Gasteiger partial charge >= 0.3 is 6.09 Å². The number of hydrogen-bond acceptors (Lipinski definition) is 8. The predicted octanol–water partition coefficient (Wildman–Crippen LogP) is 7.76. The molecular formula is C44H60ClN5O4S. The number of carbonyl (C=O) groups excluding carboxylic acids is 3. The number of ketones is 1. The van der Waals surface area contributed by atoms with Crippen LogP contribution in [0.25, 0.3) is 0 Å². The second-order valence-corrected chi connectivity index (χ2v) is 17.9. The average molecular weight is 791 g/mol. The lowest BCUT2D eigenvalue weighted by atomic mass is 9.72. The molecule has 0 bridgehead atoms. The molecule has 1 saturated carbocycles. The zero-order chi connectivity index (χ0) is 39.0. The van der Waals surface area contributed by atoms with E-state index in [1.165, 1.54) is 12.0 Å². The normalized spacial score (nSPS) is 22.4. The summed E-state index contributed by atoms with van der Waals surface area (Å²) in [6.07, 6.45) is 8.61. The van der Waals surface area contributed by atoms with Crippen molar-refractivity contribution in [1.29, 1.82) is 0 Å². The highest BCUT2D eigenvalue weighted by Gasteiger charge is 2.43. The van der Waals surface area contributed by atoms with Gasteiger partial charge in [-0.25, -0.2) is 4.79 Å². The largest absolute Gasteiger partial charge is 0.415 e. The van der Waals surface area contributed by atoms with E-state index in [1.807, 2.05) is 37.4 Å². The number of piperazine rings is 1. The number of rotatable bonds is 15. The Morgan fingerprint density at radius 2 is 1.76 bits per heavy atom. The van der Waals surface area contributed by atoms with Crippen molar-refractivity contribution in [2.75, 3.05) is 53.4 Å². The van der Waals surface area contributed by atoms with Crippen LogP contribution in [-0.4, -0.2) is 109 Å². The van der Waals surface area contributed by atoms with Crippen molar-refractivity contribution < 1.29 is 19.1 Å². The third-order valence-electron chi connectivity index (χ3n) is 12.2. The van der Waals surface area contributed by atoms with Crippen LogP contribution in [0.4, 0.5) is 4.79 Å². The quantitative estimate of drug-likeness (QED) is 0.158. The minimum atomic E-state index is -0.751. The van der Waals surface area contributed by atoms with E-state index in [0.717, 1.165) is 80.7 Å². The highest BCUT2D eigenvalue weighted by atomic mass is 35.5. The lowest BCUT2D eigenvalue weighted by Gasteiger charge is -2.43. The van der Waals surface area contributed by atoms with Gasteiger partial charge in [0.05, 0.1) is 17.6 Å². The van der Waals surface area contributed by atoms with Crippen molar-refractivity contribution in [1.82, 2.24) is 24.9 Å². The Kier molecular flexibility index (Phi) is 14.5. The molecule has 11 heteroatoms. The first-order chi connectivity index (χ1) is 26.5. The fourth-order valence-corrected chi connectivity index (χ4v) is 9.66. The summed E-state index contributed by atoms with van der Waals surface area (Å²) >= 11 is 8.18. The maximum atomic E-state index is 14.7. The van der Waals surface area contributed by atoms with E-state index >= 15 is 0 Å². The molecule has 298 valence electrons. The molecule has 0 unspecified atom stereocenters. The Hall–Kier alpha value is -3.28. The van der Waals surface area contributed by atoms with Gasteiger partial charge in [0.1, 0.15) is 6.04 Å². The maximum absolute atomic E-state index is 14.7. The van der Waals surface area contributed by atoms with Crippen molar-refractivity contribution >= 4 is 40.7 Å². The minimum absolute atomic E-state index is 0.0280. The zero-order valence-electron chi connectivity index (χ0n) is 33.2. The fraction of sp³-hybridized carbons (Fsp3) is 0.568. The Labute approximate surface area is 337 Å². The van der Waals surface area contributed by atoms with Gasteiger partial charge in [0.25, 0.3) is 0 Å². The maximum Gasteiger partial charge on any atom is 0.415 e. The van der Waals surface area contributed by atoms with Crippen LogP contribution in [0.1, 0.15) is 79.4 Å². The van der Waals surface area contributed by atoms with Gasteiger partial charge in [-0.1, -0.05) is 60.5 Å². The predicted molar refractivity (Wildman–Crippen MR) is 222 cm³/mol. The lowest BCUT2D eigenvalue weighted by Crippen LogP contribution is -2.63. The highest BCUT2D eigenvalue weighted by molar-refractivity contribution is 7.09. The summed E-state index contributed by atoms with van der Waals surface area (Å²) in [7, 11) is 4.15. The van der Waals surface area contributed by atoms with Crippen LogP contribution in [0, 0.1) is 19.3 Å². The average Bonchev–Trinajstić information content (AvgIpc) is 3.86. The molecule has 3 heterocycles. The van der Waals surface area contributed by atoms with E-state index in [-0.39, 0.29) is 43.4 Å². The van der Waals surface area contributed by atoms with Gasteiger partial charge in [-0.15, -0.1) is 11.3 Å². The van der Waals surface area contributed by atoms with Crippen LogP contribution in [0.15, 0.2) is 60.0 Å². The van der Waals surface area contributed by atoms with E-state index in [1.54, 1.807) is 27.2 Å². The van der Waals surface area contributed by atoms with Crippen LogP contribution in [0.5, 0.6) is 5.75 Å². The first-order valence-corrected chi connectivity index (χ1v) is 21.5. The summed E-state index contributed by atoms with van der Waals surface area (Å²) in [6, 6.07) is 17.5. The number of unbranched alkanes of at least 4 members (excludes halogenated alkanes) is 1. The highest BCUT2D eigenvalue weighted by Crippen LogP contribution is 2.44. The Bertz CT molecular complexity index is 1730. The lowest BCUT2D eigenvalue weighted by molar-refractivity contribution is -0.144. The summed E-state index contributed by atoms with van der Waals surface area (Å²) in [5.74, 6) is 0.238. The van der Waals surface area contributed by atoms with Gasteiger partial charge in [0, 0.05) is 43.5 Å². The molecule has 1 spiro atoms. The van der Waals surface area contributed by atoms with E-state index < -0.39 is 12.1 Å². The summed E-state index contributed by atoms with van der Waals surface area (Å²) in [5, 5.41) is 6.26. The zero-order valence-corrected chi connectivity index (χ0v) is 34.8. The molecule has 6 rings (SSSR count). The SMILES string of the molecule is Cc1ccc(OC(=O)N2CCN(C(=O)[C@@H](CCCCN(C)C)NC3CCC4(CC3)CCN(Cc3ccccc3)C4)[C@H](C(=O)CCc3cccs3)C2)c(Cl)c1C. The molecule has 2 atom stereocenters. The van der Waals surface area contributed by atoms with Crippen molar-refractivity contribution in [3.05, 3.63) is 86.6 Å². The third-order valence-corrected chi connectivity index (χ3v) is 13.6. The molecule has 55 heavy (non-hydrogen) atoms. The molecule has 0 radical (unpaired) electrons. The number of amides is 2. The van der Waals surface area contributed by atoms with Crippen LogP contribution in [0.2, 0.25) is 5.02 Å². The molecule has 2 aromatic carbocycles. The Morgan fingerprint density at radius 3 is 2.49 bits per heavy atom. The molecule has 2 saturated heterocycles. The number of hydrogen-bond donors (Lipinski definition) is 1. The van der Waals surface area contributed by atoms with Gasteiger partial charge in [-0.05, 0) is 132 Å². The van der Waals surface area contributed by atoms with Gasteiger partial charge in [-0.3, -0.25) is 14.5 Å². The summed E-state index contributed by atoms with van der Waals surface area (Å²) in [5.41, 5.74) is 3.59. The smallest absolute Gasteiger partial charge is 0.409 e. The molecule has 1 N–H and O–H groups in total. The molecule has 2 amide bonds. The van der Waals surface area contributed by atoms with E-state index in [4.69, 9.17) is 16.3 Å². The second kappa shape index (κ2) is 19.2. The first kappa shape index (κ1) is 41.4. The standard InChI is InChI=1S/C44H60ClN5O4S/c1-32-15-18-40(41(45)33(32)2)54-43(53)49-26-27-50(38(30-49)39(51)17-16-36-13-10-28-55-36)42(52)37(14-8-9-24-47(3)4)46-35-19-21-44(22-20-35)23-25-48(31-44)29-34-11-6-5-7-12-34/h5-7,10-13,15,18,28,35,37-38,46H,8-9,14,16-17,19-27,29-31H2,1-4H3/t35?,37-,38+,44?/m1/s1. The number of carbonyl (C=O) groups is 3. The number of ether oxygens (including phenoxy) is 1. The summed E-state index contributed by atoms with van der Waals surface area (Å²) in [6.45, 7) is 8.74. The molecule has 2 aliphatic heterocycles. The van der Waals surface area contributed by atoms with Crippen molar-refractivity contribution in [3.63, 3.8) is 0 Å². The number of halogens is 1. The number of nitrogens with zero attached hydrogens (tertiary/aromatic N) is 4. The molecule has 3 aromatic rings. The third kappa shape index (κ3) is 11.0. The van der Waals surface area contributed by atoms with Crippen molar-refractivity contribution in [3.8, 4) is 5.75 Å². The number of Topliss-reactive ketones (excluding diaryl/α,β-unsaturated/α-hetero) is 1. The minimum Gasteiger partial charge on any atom is -0.409 e. The Balaban J connectivity index is 1.13. The van der Waals surface area contributed by atoms with Crippen molar-refractivity contribution in [2.45, 2.75) is 103 Å². The van der Waals surface area contributed by atoms with Crippen LogP contribution >= 0.6 is 22.9 Å². The number of likely N-dealkylation sites (tertiary alicyclic amines) is 1. The van der Waals surface area contributed by atoms with Gasteiger partial charge in [0.2, 0.25) is 5.91 Å². The van der Waals surface area contributed by atoms with Gasteiger partial charge < -0.3 is 24.8 Å². The van der Waals surface area contributed by atoms with E-state index in [0.29, 0.717) is 35.4 Å². The van der Waals surface area contributed by atoms with E-state index in [9.17, 15) is 14.4 Å². The molecule has 3 fully saturated rings. The number of nitrogens with one attached hydrogen (secondary N) is 1. The van der Waals surface area contributed by atoms with Crippen LogP contribution in [-0.2, 0) is 22.6 Å². The topological polar surface area (TPSA) is 85.4 Å².